The van der Waals surface area contributed by atoms with Gasteiger partial charge in [-0.25, -0.2) is 4.52 Å². The summed E-state index contributed by atoms with van der Waals surface area (Å²) in [7, 11) is 0. The first-order valence-electron chi connectivity index (χ1n) is 13.7. The number of rotatable bonds is 8. The maximum absolute atomic E-state index is 13.5. The SMILES string of the molecule is C=CC(=O)CC1CCC(NC(=O)c2cnc(-c3ccc4cc(C#N)cnn34)cc2N[C@H]2CCC[C@@H](O)C2)CC1. The molecule has 2 aliphatic carbocycles. The molecule has 5 rings (SSSR count). The number of pyridine rings is 1. The number of aliphatic hydroxyl groups excluding tert-OH is 1. The summed E-state index contributed by atoms with van der Waals surface area (Å²) in [6.07, 6.45) is 11.4. The van der Waals surface area contributed by atoms with Crippen LogP contribution < -0.4 is 10.6 Å². The minimum atomic E-state index is -0.355. The Bertz CT molecular complexity index is 1420. The fourth-order valence-corrected chi connectivity index (χ4v) is 5.81. The fourth-order valence-electron chi connectivity index (χ4n) is 5.81. The van der Waals surface area contributed by atoms with E-state index < -0.39 is 0 Å². The van der Waals surface area contributed by atoms with Gasteiger partial charge in [-0.2, -0.15) is 10.4 Å². The molecule has 0 unspecified atom stereocenters. The Morgan fingerprint density at radius 2 is 1.95 bits per heavy atom. The van der Waals surface area contributed by atoms with Gasteiger partial charge in [0.1, 0.15) is 6.07 Å². The molecule has 2 atom stereocenters. The molecule has 9 nitrogen and oxygen atoms in total. The molecule has 1 amide bonds. The molecule has 202 valence electrons. The van der Waals surface area contributed by atoms with Crippen molar-refractivity contribution < 1.29 is 14.7 Å². The van der Waals surface area contributed by atoms with Crippen LogP contribution in [0.1, 0.15) is 73.7 Å². The summed E-state index contributed by atoms with van der Waals surface area (Å²) in [4.78, 5) is 29.8. The molecule has 0 bridgehead atoms. The summed E-state index contributed by atoms with van der Waals surface area (Å²) >= 11 is 0. The van der Waals surface area contributed by atoms with Gasteiger partial charge in [-0.3, -0.25) is 14.6 Å². The normalized spacial score (nSPS) is 23.1. The summed E-state index contributed by atoms with van der Waals surface area (Å²) in [5, 5.41) is 30.5. The van der Waals surface area contributed by atoms with E-state index in [1.807, 2.05) is 18.2 Å². The number of aromatic nitrogens is 3. The zero-order valence-electron chi connectivity index (χ0n) is 22.0. The molecule has 0 radical (unpaired) electrons. The van der Waals surface area contributed by atoms with Gasteiger partial charge in [0.25, 0.3) is 5.91 Å². The molecule has 3 aromatic heterocycles. The van der Waals surface area contributed by atoms with Crippen LogP contribution in [0.5, 0.6) is 0 Å². The highest BCUT2D eigenvalue weighted by molar-refractivity contribution is 6.00. The lowest BCUT2D eigenvalue weighted by molar-refractivity contribution is -0.115. The first-order chi connectivity index (χ1) is 18.9. The topological polar surface area (TPSA) is 132 Å². The molecule has 39 heavy (non-hydrogen) atoms. The van der Waals surface area contributed by atoms with Crippen molar-refractivity contribution in [2.75, 3.05) is 5.32 Å². The standard InChI is InChI=1S/C30H34N6O3/c1-2-24(37)13-19-6-8-21(9-7-19)35-30(39)26-18-32-28(15-27(26)34-22-4-3-5-25(38)14-22)29-11-10-23-12-20(16-31)17-33-36(23)29/h2,10-12,15,17-19,21-22,25,38H,1,3-9,13-14H2,(H,32,34)(H,35,39)/t19?,21?,22-,25+/m0/s1. The average molecular weight is 527 g/mol. The highest BCUT2D eigenvalue weighted by Crippen LogP contribution is 2.30. The Hall–Kier alpha value is -4.03. The van der Waals surface area contributed by atoms with Crippen LogP contribution in [0.15, 0.2) is 49.3 Å². The first kappa shape index (κ1) is 26.6. The largest absolute Gasteiger partial charge is 0.393 e. The molecule has 3 aromatic rings. The monoisotopic (exact) mass is 526 g/mol. The Labute approximate surface area is 227 Å². The summed E-state index contributed by atoms with van der Waals surface area (Å²) in [6, 6.07) is 9.62. The lowest BCUT2D eigenvalue weighted by atomic mass is 9.83. The number of aliphatic hydroxyl groups is 1. The number of hydrogen-bond donors (Lipinski definition) is 3. The van der Waals surface area contributed by atoms with Gasteiger partial charge in [-0.15, -0.1) is 0 Å². The highest BCUT2D eigenvalue weighted by Gasteiger charge is 2.26. The van der Waals surface area contributed by atoms with Crippen LogP contribution in [0, 0.1) is 17.2 Å². The summed E-state index contributed by atoms with van der Waals surface area (Å²) in [6.45, 7) is 3.56. The summed E-state index contributed by atoms with van der Waals surface area (Å²) in [5.74, 6) is 0.235. The number of nitriles is 1. The molecule has 2 saturated carbocycles. The van der Waals surface area contributed by atoms with Crippen LogP contribution in [-0.4, -0.2) is 49.6 Å². The number of amides is 1. The number of nitrogens with one attached hydrogen (secondary N) is 2. The van der Waals surface area contributed by atoms with E-state index in [2.05, 4.69) is 33.4 Å². The van der Waals surface area contributed by atoms with Crippen molar-refractivity contribution in [2.24, 2.45) is 5.92 Å². The van der Waals surface area contributed by atoms with Gasteiger partial charge in [0, 0.05) is 24.7 Å². The number of allylic oxidation sites excluding steroid dienone is 1. The summed E-state index contributed by atoms with van der Waals surface area (Å²) < 4.78 is 1.73. The first-order valence-corrected chi connectivity index (χ1v) is 13.7. The zero-order valence-corrected chi connectivity index (χ0v) is 22.0. The minimum absolute atomic E-state index is 0.0460. The second-order valence-corrected chi connectivity index (χ2v) is 10.8. The number of carbonyl (C=O) groups excluding carboxylic acids is 2. The predicted molar refractivity (Wildman–Crippen MR) is 148 cm³/mol. The Kier molecular flexibility index (Phi) is 8.03. The smallest absolute Gasteiger partial charge is 0.255 e. The molecule has 0 aromatic carbocycles. The third kappa shape index (κ3) is 6.18. The Morgan fingerprint density at radius 1 is 1.13 bits per heavy atom. The van der Waals surface area contributed by atoms with Gasteiger partial charge >= 0.3 is 0 Å². The van der Waals surface area contributed by atoms with Crippen molar-refractivity contribution in [3.8, 4) is 17.5 Å². The third-order valence-corrected chi connectivity index (χ3v) is 7.95. The maximum atomic E-state index is 13.5. The molecule has 3 heterocycles. The second-order valence-electron chi connectivity index (χ2n) is 10.8. The molecule has 0 spiro atoms. The van der Waals surface area contributed by atoms with E-state index in [1.165, 1.54) is 12.3 Å². The van der Waals surface area contributed by atoms with Crippen molar-refractivity contribution in [1.29, 1.82) is 5.26 Å². The Morgan fingerprint density at radius 3 is 2.69 bits per heavy atom. The van der Waals surface area contributed by atoms with Crippen molar-refractivity contribution in [2.45, 2.75) is 76.0 Å². The van der Waals surface area contributed by atoms with Crippen molar-refractivity contribution in [3.63, 3.8) is 0 Å². The third-order valence-electron chi connectivity index (χ3n) is 7.95. The van der Waals surface area contributed by atoms with E-state index in [1.54, 1.807) is 16.8 Å². The van der Waals surface area contributed by atoms with E-state index in [-0.39, 0.29) is 29.9 Å². The van der Waals surface area contributed by atoms with Crippen LogP contribution in [-0.2, 0) is 4.79 Å². The van der Waals surface area contributed by atoms with Crippen LogP contribution in [0.3, 0.4) is 0 Å². The zero-order chi connectivity index (χ0) is 27.4. The van der Waals surface area contributed by atoms with Gasteiger partial charge in [0.2, 0.25) is 0 Å². The lowest BCUT2D eigenvalue weighted by Crippen LogP contribution is -2.38. The number of carbonyl (C=O) groups is 2. The van der Waals surface area contributed by atoms with E-state index >= 15 is 0 Å². The Balaban J connectivity index is 1.37. The number of ketones is 1. The molecule has 2 aliphatic rings. The van der Waals surface area contributed by atoms with E-state index in [0.717, 1.165) is 56.2 Å². The van der Waals surface area contributed by atoms with Crippen molar-refractivity contribution in [3.05, 3.63) is 60.4 Å². The maximum Gasteiger partial charge on any atom is 0.255 e. The molecule has 0 saturated heterocycles. The minimum Gasteiger partial charge on any atom is -0.393 e. The second kappa shape index (κ2) is 11.8. The van der Waals surface area contributed by atoms with E-state index in [4.69, 9.17) is 0 Å². The van der Waals surface area contributed by atoms with Crippen LogP contribution >= 0.6 is 0 Å². The molecule has 0 aliphatic heterocycles. The fraction of sp³-hybridized carbons (Fsp3) is 0.433. The van der Waals surface area contributed by atoms with Crippen LogP contribution in [0.2, 0.25) is 0 Å². The number of nitrogens with zero attached hydrogens (tertiary/aromatic N) is 4. The lowest BCUT2D eigenvalue weighted by Gasteiger charge is -2.30. The molecular formula is C30H34N6O3. The number of hydrogen-bond acceptors (Lipinski definition) is 7. The van der Waals surface area contributed by atoms with Crippen LogP contribution in [0.4, 0.5) is 5.69 Å². The number of fused-ring (bicyclic) bond motifs is 1. The molecule has 3 N–H and O–H groups in total. The summed E-state index contributed by atoms with van der Waals surface area (Å²) in [5.41, 5.74) is 3.79. The molecular weight excluding hydrogens is 492 g/mol. The molecule has 9 heteroatoms. The van der Waals surface area contributed by atoms with Gasteiger partial charge in [-0.05, 0) is 87.6 Å². The van der Waals surface area contributed by atoms with E-state index in [9.17, 15) is 20.0 Å². The van der Waals surface area contributed by atoms with Crippen LogP contribution in [0.25, 0.3) is 16.9 Å². The van der Waals surface area contributed by atoms with Gasteiger partial charge in [-0.1, -0.05) is 6.58 Å². The number of anilines is 1. The predicted octanol–water partition coefficient (Wildman–Crippen LogP) is 4.42. The van der Waals surface area contributed by atoms with Gasteiger partial charge < -0.3 is 15.7 Å². The van der Waals surface area contributed by atoms with E-state index in [0.29, 0.717) is 41.3 Å². The van der Waals surface area contributed by atoms with Gasteiger partial charge in [0.15, 0.2) is 5.78 Å². The average Bonchev–Trinajstić information content (AvgIpc) is 3.37. The van der Waals surface area contributed by atoms with Gasteiger partial charge in [0.05, 0.1) is 46.0 Å². The highest BCUT2D eigenvalue weighted by atomic mass is 16.3. The van der Waals surface area contributed by atoms with Crippen molar-refractivity contribution in [1.82, 2.24) is 19.9 Å². The molecule has 2 fully saturated rings. The van der Waals surface area contributed by atoms with Crippen molar-refractivity contribution >= 4 is 22.9 Å². The quantitative estimate of drug-likeness (QED) is 0.370.